The Labute approximate surface area is 81.1 Å². The first kappa shape index (κ1) is 8.45. The molecule has 3 rings (SSSR count). The van der Waals surface area contributed by atoms with Crippen LogP contribution in [0.15, 0.2) is 18.5 Å². The smallest absolute Gasteiger partial charge is 0.208 e. The number of fused-ring (bicyclic) bond motifs is 1. The van der Waals surface area contributed by atoms with Crippen molar-refractivity contribution >= 4 is 0 Å². The molecule has 0 fully saturated rings. The minimum Gasteiger partial charge on any atom is -0.208 e. The summed E-state index contributed by atoms with van der Waals surface area (Å²) in [6.45, 7) is 0. The van der Waals surface area contributed by atoms with Crippen molar-refractivity contribution in [3.63, 3.8) is 0 Å². The molecule has 0 spiro atoms. The summed E-state index contributed by atoms with van der Waals surface area (Å²) in [5, 5.41) is 9.87. The van der Waals surface area contributed by atoms with Crippen LogP contribution in [0, 0.1) is 0 Å². The molecule has 0 saturated heterocycles. The second-order valence-corrected chi connectivity index (χ2v) is 3.19. The molecule has 1 unspecified atom stereocenters. The van der Waals surface area contributed by atoms with E-state index in [1.807, 2.05) is 0 Å². The van der Waals surface area contributed by atoms with Crippen LogP contribution in [0.2, 0.25) is 0 Å². The van der Waals surface area contributed by atoms with Gasteiger partial charge in [-0.15, -0.1) is 4.68 Å². The molecule has 15 heavy (non-hydrogen) atoms. The zero-order valence-electron chi connectivity index (χ0n) is 7.23. The third kappa shape index (κ3) is 1.07. The van der Waals surface area contributed by atoms with E-state index in [9.17, 15) is 13.2 Å². The molecule has 3 heterocycles. The third-order valence-electron chi connectivity index (χ3n) is 2.27. The highest BCUT2D eigenvalue weighted by atomic mass is 19.4. The zero-order valence-corrected chi connectivity index (χ0v) is 7.23. The summed E-state index contributed by atoms with van der Waals surface area (Å²) in [6.07, 6.45) is -2.26. The van der Waals surface area contributed by atoms with Gasteiger partial charge in [-0.3, -0.25) is 0 Å². The van der Waals surface area contributed by atoms with E-state index in [1.54, 1.807) is 0 Å². The number of halogens is 3. The van der Waals surface area contributed by atoms with Gasteiger partial charge in [0.2, 0.25) is 11.9 Å². The van der Waals surface area contributed by atoms with Crippen molar-refractivity contribution < 1.29 is 17.9 Å². The predicted octanol–water partition coefficient (Wildman–Crippen LogP) is 0.321. The van der Waals surface area contributed by atoms with Gasteiger partial charge in [0.1, 0.15) is 5.69 Å². The topological polar surface area (TPSA) is 50.4 Å². The van der Waals surface area contributed by atoms with Crippen molar-refractivity contribution in [1.82, 2.24) is 20.1 Å². The number of alkyl halides is 3. The lowest BCUT2D eigenvalue weighted by molar-refractivity contribution is -0.662. The maximum Gasteiger partial charge on any atom is 0.433 e. The average Bonchev–Trinajstić information content (AvgIpc) is 2.60. The van der Waals surface area contributed by atoms with Crippen molar-refractivity contribution in [2.45, 2.75) is 12.3 Å². The van der Waals surface area contributed by atoms with Crippen LogP contribution >= 0.6 is 0 Å². The summed E-state index contributed by atoms with van der Waals surface area (Å²) >= 11 is 0. The molecule has 1 aliphatic rings. The minimum atomic E-state index is -4.38. The van der Waals surface area contributed by atoms with Crippen molar-refractivity contribution in [1.29, 1.82) is 0 Å². The molecule has 0 saturated carbocycles. The standard InChI is InChI=1S/C7H4F3N5/c8-7(9,10)5-1-2-12-15(5)6-4-3-11-13-14(4)6/h1-3,6H/p+1. The molecule has 1 N–H and O–H groups in total. The lowest BCUT2D eigenvalue weighted by Crippen LogP contribution is -2.26. The Kier molecular flexibility index (Phi) is 1.34. The number of hydrogen-bond acceptors (Lipinski definition) is 2. The number of aromatic amines is 1. The largest absolute Gasteiger partial charge is 0.433 e. The SMILES string of the molecule is FC(F)(F)c1ccnn1C1c2cn[nH][n+]21. The second kappa shape index (κ2) is 2.38. The number of nitrogens with one attached hydrogen (secondary N) is 1. The lowest BCUT2D eigenvalue weighted by atomic mass is 10.4. The van der Waals surface area contributed by atoms with Crippen LogP contribution in [0.5, 0.6) is 0 Å². The maximum absolute atomic E-state index is 12.5. The summed E-state index contributed by atoms with van der Waals surface area (Å²) < 4.78 is 39.9. The molecular formula is C7H5F3N5+. The van der Waals surface area contributed by atoms with Gasteiger partial charge in [0.15, 0.2) is 0 Å². The highest BCUT2D eigenvalue weighted by Crippen LogP contribution is 2.33. The van der Waals surface area contributed by atoms with Gasteiger partial charge in [-0.05, 0) is 6.07 Å². The number of H-pyrrole nitrogens is 1. The van der Waals surface area contributed by atoms with Gasteiger partial charge in [0.05, 0.1) is 0 Å². The normalized spacial score (nSPS) is 19.0. The van der Waals surface area contributed by atoms with Gasteiger partial charge in [-0.1, -0.05) is 5.21 Å². The quantitative estimate of drug-likeness (QED) is 0.595. The molecule has 2 aromatic rings. The van der Waals surface area contributed by atoms with Crippen LogP contribution in [0.25, 0.3) is 0 Å². The average molecular weight is 216 g/mol. The molecular weight excluding hydrogens is 211 g/mol. The van der Waals surface area contributed by atoms with Gasteiger partial charge in [0, 0.05) is 11.3 Å². The number of aromatic nitrogens is 5. The van der Waals surface area contributed by atoms with E-state index in [2.05, 4.69) is 15.4 Å². The van der Waals surface area contributed by atoms with Crippen LogP contribution in [-0.4, -0.2) is 20.1 Å². The number of nitrogens with zero attached hydrogens (tertiary/aromatic N) is 4. The molecule has 0 aliphatic carbocycles. The summed E-state index contributed by atoms with van der Waals surface area (Å²) in [4.78, 5) is 0. The first-order chi connectivity index (χ1) is 7.09. The van der Waals surface area contributed by atoms with Gasteiger partial charge >= 0.3 is 6.18 Å². The van der Waals surface area contributed by atoms with E-state index in [-0.39, 0.29) is 0 Å². The van der Waals surface area contributed by atoms with Crippen LogP contribution in [-0.2, 0) is 6.18 Å². The Morgan fingerprint density at radius 3 is 2.87 bits per heavy atom. The lowest BCUT2D eigenvalue weighted by Gasteiger charge is -2.06. The highest BCUT2D eigenvalue weighted by molar-refractivity contribution is 5.11. The Morgan fingerprint density at radius 2 is 2.27 bits per heavy atom. The molecule has 0 amide bonds. The van der Waals surface area contributed by atoms with Crippen LogP contribution in [0.1, 0.15) is 17.6 Å². The van der Waals surface area contributed by atoms with Gasteiger partial charge in [0.25, 0.3) is 6.17 Å². The van der Waals surface area contributed by atoms with Crippen molar-refractivity contribution in [2.75, 3.05) is 0 Å². The van der Waals surface area contributed by atoms with E-state index < -0.39 is 18.0 Å². The summed E-state index contributed by atoms with van der Waals surface area (Å²) in [7, 11) is 0. The Balaban J connectivity index is 2.01. The first-order valence-corrected chi connectivity index (χ1v) is 4.14. The van der Waals surface area contributed by atoms with E-state index in [1.165, 1.54) is 10.9 Å². The molecule has 1 atom stereocenters. The van der Waals surface area contributed by atoms with Crippen molar-refractivity contribution in [3.05, 3.63) is 29.8 Å². The molecule has 1 aliphatic heterocycles. The molecule has 2 aromatic heterocycles. The van der Waals surface area contributed by atoms with E-state index in [4.69, 9.17) is 0 Å². The molecule has 5 nitrogen and oxygen atoms in total. The maximum atomic E-state index is 12.5. The Hall–Kier alpha value is -1.86. The van der Waals surface area contributed by atoms with Gasteiger partial charge in [-0.25, -0.2) is 4.68 Å². The van der Waals surface area contributed by atoms with Crippen LogP contribution in [0.4, 0.5) is 13.2 Å². The summed E-state index contributed by atoms with van der Waals surface area (Å²) in [6, 6.07) is 0.951. The van der Waals surface area contributed by atoms with E-state index in [0.29, 0.717) is 5.69 Å². The van der Waals surface area contributed by atoms with Gasteiger partial charge in [-0.2, -0.15) is 18.3 Å². The van der Waals surface area contributed by atoms with Crippen molar-refractivity contribution in [2.24, 2.45) is 0 Å². The molecule has 78 valence electrons. The molecule has 0 aromatic carbocycles. The summed E-state index contributed by atoms with van der Waals surface area (Å²) in [5.74, 6) is 0. The van der Waals surface area contributed by atoms with E-state index >= 15 is 0 Å². The number of rotatable bonds is 1. The van der Waals surface area contributed by atoms with E-state index in [0.717, 1.165) is 16.9 Å². The van der Waals surface area contributed by atoms with Crippen LogP contribution < -0.4 is 4.68 Å². The monoisotopic (exact) mass is 216 g/mol. The third-order valence-corrected chi connectivity index (χ3v) is 2.27. The fourth-order valence-electron chi connectivity index (χ4n) is 1.57. The Morgan fingerprint density at radius 1 is 1.47 bits per heavy atom. The molecule has 0 radical (unpaired) electrons. The fourth-order valence-corrected chi connectivity index (χ4v) is 1.57. The molecule has 0 bridgehead atoms. The van der Waals surface area contributed by atoms with Crippen molar-refractivity contribution in [3.8, 4) is 0 Å². The summed E-state index contributed by atoms with van der Waals surface area (Å²) in [5.41, 5.74) is -0.0752. The highest BCUT2D eigenvalue weighted by Gasteiger charge is 2.50. The van der Waals surface area contributed by atoms with Crippen LogP contribution in [0.3, 0.4) is 0 Å². The number of hydrogen-bond donors (Lipinski definition) is 1. The minimum absolute atomic E-state index is 0.492. The zero-order chi connectivity index (χ0) is 10.6. The second-order valence-electron chi connectivity index (χ2n) is 3.19. The Bertz CT molecular complexity index is 492. The predicted molar refractivity (Wildman–Crippen MR) is 39.5 cm³/mol. The fraction of sp³-hybridized carbons (Fsp3) is 0.286. The van der Waals surface area contributed by atoms with Gasteiger partial charge < -0.3 is 0 Å². The first-order valence-electron chi connectivity index (χ1n) is 4.14. The molecule has 8 heteroatoms.